The molecule has 80 valence electrons. The first-order valence-corrected chi connectivity index (χ1v) is 4.56. The lowest BCUT2D eigenvalue weighted by Crippen LogP contribution is -1.80. The number of nitrogens with two attached hydrogens (primary N) is 1. The quantitative estimate of drug-likeness (QED) is 0.605. The molecule has 4 heteroatoms. The van der Waals surface area contributed by atoms with Crippen molar-refractivity contribution in [1.29, 1.82) is 0 Å². The first-order valence-electron chi connectivity index (χ1n) is 4.56. The third-order valence-electron chi connectivity index (χ3n) is 1.71. The standard InChI is InChI=1S/C8H7NO.C3H6O2/c9-7-1-2-8-6(5-7)3-4-10-8;1-2-5-3-4/h1-5H,9H2;3H,2H2,1H3. The maximum absolute atomic E-state index is 9.18. The fraction of sp³-hybridized carbons (Fsp3) is 0.182. The highest BCUT2D eigenvalue weighted by atomic mass is 16.5. The Hall–Kier alpha value is -1.97. The van der Waals surface area contributed by atoms with Gasteiger partial charge in [-0.15, -0.1) is 0 Å². The number of hydrogen-bond donors (Lipinski definition) is 1. The molecule has 0 atom stereocenters. The summed E-state index contributed by atoms with van der Waals surface area (Å²) in [6, 6.07) is 7.47. The van der Waals surface area contributed by atoms with E-state index in [4.69, 9.17) is 10.2 Å². The van der Waals surface area contributed by atoms with Crippen LogP contribution in [-0.4, -0.2) is 13.1 Å². The lowest BCUT2D eigenvalue weighted by molar-refractivity contribution is -0.128. The topological polar surface area (TPSA) is 65.5 Å². The van der Waals surface area contributed by atoms with Gasteiger partial charge in [-0.2, -0.15) is 0 Å². The number of ether oxygens (including phenoxy) is 1. The van der Waals surface area contributed by atoms with Crippen molar-refractivity contribution in [3.05, 3.63) is 30.5 Å². The molecule has 0 aliphatic carbocycles. The van der Waals surface area contributed by atoms with Crippen molar-refractivity contribution in [3.63, 3.8) is 0 Å². The van der Waals surface area contributed by atoms with Crippen LogP contribution in [0.25, 0.3) is 11.0 Å². The highest BCUT2D eigenvalue weighted by Gasteiger charge is 1.93. The van der Waals surface area contributed by atoms with E-state index in [0.717, 1.165) is 16.7 Å². The summed E-state index contributed by atoms with van der Waals surface area (Å²) in [5.41, 5.74) is 7.20. The van der Waals surface area contributed by atoms with Crippen molar-refractivity contribution in [2.75, 3.05) is 12.3 Å². The summed E-state index contributed by atoms with van der Waals surface area (Å²) in [6.45, 7) is 2.66. The van der Waals surface area contributed by atoms with Crippen molar-refractivity contribution < 1.29 is 13.9 Å². The Labute approximate surface area is 87.6 Å². The summed E-state index contributed by atoms with van der Waals surface area (Å²) >= 11 is 0. The van der Waals surface area contributed by atoms with Gasteiger partial charge in [-0.25, -0.2) is 0 Å². The van der Waals surface area contributed by atoms with Gasteiger partial charge >= 0.3 is 0 Å². The monoisotopic (exact) mass is 207 g/mol. The normalized spacial score (nSPS) is 9.13. The Morgan fingerprint density at radius 3 is 2.87 bits per heavy atom. The summed E-state index contributed by atoms with van der Waals surface area (Å²) in [5, 5.41) is 1.06. The SMILES string of the molecule is CCOC=O.Nc1ccc2occc2c1. The van der Waals surface area contributed by atoms with E-state index in [1.54, 1.807) is 13.2 Å². The molecule has 0 unspecified atom stereocenters. The van der Waals surface area contributed by atoms with E-state index in [0.29, 0.717) is 13.1 Å². The van der Waals surface area contributed by atoms with Gasteiger partial charge in [0.05, 0.1) is 12.9 Å². The van der Waals surface area contributed by atoms with Crippen LogP contribution in [0, 0.1) is 0 Å². The van der Waals surface area contributed by atoms with Crippen LogP contribution in [0.2, 0.25) is 0 Å². The van der Waals surface area contributed by atoms with E-state index in [2.05, 4.69) is 4.74 Å². The predicted molar refractivity (Wildman–Crippen MR) is 58.3 cm³/mol. The zero-order valence-electron chi connectivity index (χ0n) is 8.47. The van der Waals surface area contributed by atoms with Crippen molar-refractivity contribution in [2.24, 2.45) is 0 Å². The lowest BCUT2D eigenvalue weighted by atomic mass is 10.2. The van der Waals surface area contributed by atoms with E-state index in [1.165, 1.54) is 0 Å². The molecule has 2 N–H and O–H groups in total. The predicted octanol–water partition coefficient (Wildman–Crippen LogP) is 2.19. The van der Waals surface area contributed by atoms with E-state index >= 15 is 0 Å². The number of benzene rings is 1. The molecule has 15 heavy (non-hydrogen) atoms. The molecular formula is C11H13NO3. The fourth-order valence-electron chi connectivity index (χ4n) is 1.05. The number of rotatable bonds is 2. The van der Waals surface area contributed by atoms with Crippen LogP contribution in [0.5, 0.6) is 0 Å². The van der Waals surface area contributed by atoms with Gasteiger partial charge in [-0.3, -0.25) is 4.79 Å². The van der Waals surface area contributed by atoms with Crippen molar-refractivity contribution in [1.82, 2.24) is 0 Å². The number of hydrogen-bond acceptors (Lipinski definition) is 4. The Morgan fingerprint density at radius 2 is 2.27 bits per heavy atom. The van der Waals surface area contributed by atoms with E-state index in [1.807, 2.05) is 24.3 Å². The van der Waals surface area contributed by atoms with Gasteiger partial charge < -0.3 is 14.9 Å². The van der Waals surface area contributed by atoms with Crippen molar-refractivity contribution in [3.8, 4) is 0 Å². The molecule has 0 bridgehead atoms. The molecule has 1 aromatic heterocycles. The second-order valence-corrected chi connectivity index (χ2v) is 2.77. The van der Waals surface area contributed by atoms with E-state index in [-0.39, 0.29) is 0 Å². The van der Waals surface area contributed by atoms with Gasteiger partial charge in [0.15, 0.2) is 0 Å². The third-order valence-corrected chi connectivity index (χ3v) is 1.71. The minimum absolute atomic E-state index is 0.431. The number of carbonyl (C=O) groups excluding carboxylic acids is 1. The van der Waals surface area contributed by atoms with Crippen LogP contribution < -0.4 is 5.73 Å². The van der Waals surface area contributed by atoms with Crippen LogP contribution in [0.1, 0.15) is 6.92 Å². The molecule has 0 radical (unpaired) electrons. The number of carbonyl (C=O) groups is 1. The molecule has 1 aromatic carbocycles. The number of nitrogen functional groups attached to an aromatic ring is 1. The first-order chi connectivity index (χ1) is 7.27. The summed E-state index contributed by atoms with van der Waals surface area (Å²) < 4.78 is 9.27. The Bertz CT molecular complexity index is 422. The van der Waals surface area contributed by atoms with Gasteiger partial charge in [-0.05, 0) is 31.2 Å². The third kappa shape index (κ3) is 3.34. The zero-order chi connectivity index (χ0) is 11.1. The molecule has 0 spiro atoms. The summed E-state index contributed by atoms with van der Waals surface area (Å²) in [6.07, 6.45) is 1.66. The molecule has 0 amide bonds. The van der Waals surface area contributed by atoms with Gasteiger partial charge in [0.1, 0.15) is 5.58 Å². The van der Waals surface area contributed by atoms with Crippen LogP contribution in [0.15, 0.2) is 34.9 Å². The van der Waals surface area contributed by atoms with Gasteiger partial charge in [0, 0.05) is 11.1 Å². The molecule has 0 fully saturated rings. The minimum Gasteiger partial charge on any atom is -0.468 e. The second kappa shape index (κ2) is 5.70. The van der Waals surface area contributed by atoms with Crippen LogP contribution in [-0.2, 0) is 9.53 Å². The molecule has 4 nitrogen and oxygen atoms in total. The molecule has 0 saturated carbocycles. The number of fused-ring (bicyclic) bond motifs is 1. The molecular weight excluding hydrogens is 194 g/mol. The average molecular weight is 207 g/mol. The highest BCUT2D eigenvalue weighted by molar-refractivity contribution is 5.80. The first kappa shape index (κ1) is 11.1. The summed E-state index contributed by atoms with van der Waals surface area (Å²) in [7, 11) is 0. The molecule has 0 saturated heterocycles. The number of anilines is 1. The fourth-order valence-corrected chi connectivity index (χ4v) is 1.05. The maximum Gasteiger partial charge on any atom is 0.293 e. The smallest absolute Gasteiger partial charge is 0.293 e. The average Bonchev–Trinajstić information content (AvgIpc) is 2.67. The Morgan fingerprint density at radius 1 is 1.47 bits per heavy atom. The van der Waals surface area contributed by atoms with Crippen LogP contribution >= 0.6 is 0 Å². The van der Waals surface area contributed by atoms with Gasteiger partial charge in [0.25, 0.3) is 6.47 Å². The highest BCUT2D eigenvalue weighted by Crippen LogP contribution is 2.17. The molecule has 1 heterocycles. The van der Waals surface area contributed by atoms with Crippen LogP contribution in [0.4, 0.5) is 5.69 Å². The summed E-state index contributed by atoms with van der Waals surface area (Å²) in [5.74, 6) is 0. The molecule has 0 aliphatic heterocycles. The zero-order valence-corrected chi connectivity index (χ0v) is 8.47. The van der Waals surface area contributed by atoms with Gasteiger partial charge in [0.2, 0.25) is 0 Å². The summed E-state index contributed by atoms with van der Waals surface area (Å²) in [4.78, 5) is 9.18. The maximum atomic E-state index is 9.18. The Balaban J connectivity index is 0.000000195. The molecule has 2 rings (SSSR count). The van der Waals surface area contributed by atoms with Crippen molar-refractivity contribution in [2.45, 2.75) is 6.92 Å². The van der Waals surface area contributed by atoms with E-state index in [9.17, 15) is 4.79 Å². The molecule has 2 aromatic rings. The number of furan rings is 1. The van der Waals surface area contributed by atoms with E-state index < -0.39 is 0 Å². The minimum atomic E-state index is 0.431. The largest absolute Gasteiger partial charge is 0.468 e. The van der Waals surface area contributed by atoms with Crippen LogP contribution in [0.3, 0.4) is 0 Å². The molecule has 0 aliphatic rings. The van der Waals surface area contributed by atoms with Crippen molar-refractivity contribution >= 4 is 23.1 Å². The Kier molecular flexibility index (Phi) is 4.22. The second-order valence-electron chi connectivity index (χ2n) is 2.77. The lowest BCUT2D eigenvalue weighted by Gasteiger charge is -1.89. The van der Waals surface area contributed by atoms with Gasteiger partial charge in [-0.1, -0.05) is 0 Å².